The topological polar surface area (TPSA) is 173 Å². The summed E-state index contributed by atoms with van der Waals surface area (Å²) in [6.07, 6.45) is 6.33. The number of hydrogen-bond acceptors (Lipinski definition) is 11. The Morgan fingerprint density at radius 2 is 1.90 bits per heavy atom. The number of nitrogens with one attached hydrogen (secondary N) is 3. The summed E-state index contributed by atoms with van der Waals surface area (Å²) in [5.74, 6) is 1.21. The van der Waals surface area contributed by atoms with Crippen LogP contribution in [0.2, 0.25) is 0 Å². The van der Waals surface area contributed by atoms with Gasteiger partial charge in [-0.05, 0) is 17.7 Å². The van der Waals surface area contributed by atoms with Gasteiger partial charge in [0, 0.05) is 37.9 Å². The first kappa shape index (κ1) is 23.9. The number of aromatic nitrogens is 8. The van der Waals surface area contributed by atoms with Crippen LogP contribution in [0.5, 0.6) is 0 Å². The molecule has 4 N–H and O–H groups in total. The van der Waals surface area contributed by atoms with Crippen LogP contribution in [-0.4, -0.2) is 51.6 Å². The molecule has 5 heterocycles. The number of pyridine rings is 2. The van der Waals surface area contributed by atoms with Crippen molar-refractivity contribution >= 4 is 28.5 Å². The summed E-state index contributed by atoms with van der Waals surface area (Å²) in [6, 6.07) is 14.5. The van der Waals surface area contributed by atoms with Gasteiger partial charge in [-0.25, -0.2) is 9.97 Å². The molecule has 0 aliphatic rings. The molecule has 0 saturated heterocycles. The molecule has 39 heavy (non-hydrogen) atoms. The highest BCUT2D eigenvalue weighted by Gasteiger charge is 2.19. The molecule has 0 radical (unpaired) electrons. The summed E-state index contributed by atoms with van der Waals surface area (Å²) in [7, 11) is 1.69. The molecule has 0 aliphatic carbocycles. The number of aliphatic hydroxyl groups excluding tert-OH is 1. The van der Waals surface area contributed by atoms with Crippen molar-refractivity contribution < 1.29 is 9.52 Å². The molecule has 194 valence electrons. The molecule has 6 rings (SSSR count). The second-order valence-corrected chi connectivity index (χ2v) is 8.62. The van der Waals surface area contributed by atoms with Crippen LogP contribution in [0.15, 0.2) is 82.5 Å². The van der Waals surface area contributed by atoms with E-state index in [1.54, 1.807) is 37.8 Å². The number of aryl methyl sites for hydroxylation is 1. The van der Waals surface area contributed by atoms with Crippen molar-refractivity contribution in [1.82, 2.24) is 39.9 Å². The van der Waals surface area contributed by atoms with Gasteiger partial charge in [0.2, 0.25) is 11.8 Å². The van der Waals surface area contributed by atoms with Gasteiger partial charge in [0.15, 0.2) is 5.65 Å². The first-order valence-corrected chi connectivity index (χ1v) is 11.9. The standard InChI is InChI=1S/C26H22N10O3/c1-36-22-18(23(38)35-36)13-29-26(32-22)31-21-10-19(30-20(14-37)15-6-3-2-4-7-15)17(12-28-21)25-34-33-24(39-25)16-8-5-9-27-11-16/h2-13,20,37H,14H2,1H3,(H,35,38)(H2,28,29,30,31,32)/t20-/m1/s1. The Labute approximate surface area is 220 Å². The van der Waals surface area contributed by atoms with Crippen molar-refractivity contribution in [2.75, 3.05) is 17.2 Å². The van der Waals surface area contributed by atoms with Crippen LogP contribution >= 0.6 is 0 Å². The van der Waals surface area contributed by atoms with Crippen LogP contribution < -0.4 is 16.2 Å². The second-order valence-electron chi connectivity index (χ2n) is 8.62. The SMILES string of the molecule is Cn1[nH]c(=O)c2cnc(Nc3cc(N[C@H](CO)c4ccccc4)c(-c4nnc(-c5cccnc5)o4)cn3)nc21. The highest BCUT2D eigenvalue weighted by molar-refractivity contribution is 5.77. The number of aliphatic hydroxyl groups is 1. The summed E-state index contributed by atoms with van der Waals surface area (Å²) in [5.41, 5.74) is 2.86. The maximum absolute atomic E-state index is 12.0. The van der Waals surface area contributed by atoms with Crippen molar-refractivity contribution in [3.8, 4) is 22.9 Å². The van der Waals surface area contributed by atoms with Crippen LogP contribution in [0.3, 0.4) is 0 Å². The minimum absolute atomic E-state index is 0.166. The van der Waals surface area contributed by atoms with Gasteiger partial charge in [-0.2, -0.15) is 4.98 Å². The van der Waals surface area contributed by atoms with Gasteiger partial charge in [-0.3, -0.25) is 19.6 Å². The average Bonchev–Trinajstić information content (AvgIpc) is 3.57. The van der Waals surface area contributed by atoms with E-state index in [0.29, 0.717) is 39.6 Å². The monoisotopic (exact) mass is 522 g/mol. The third kappa shape index (κ3) is 4.81. The van der Waals surface area contributed by atoms with Gasteiger partial charge < -0.3 is 20.2 Å². The smallest absolute Gasteiger partial charge is 0.275 e. The molecule has 0 bridgehead atoms. The quantitative estimate of drug-likeness (QED) is 0.231. The molecule has 0 aliphatic heterocycles. The normalized spacial score (nSPS) is 11.9. The molecular formula is C26H22N10O3. The van der Waals surface area contributed by atoms with E-state index < -0.39 is 6.04 Å². The van der Waals surface area contributed by atoms with Crippen molar-refractivity contribution in [3.05, 3.63) is 89.2 Å². The predicted octanol–water partition coefficient (Wildman–Crippen LogP) is 3.05. The molecule has 0 fully saturated rings. The highest BCUT2D eigenvalue weighted by atomic mass is 16.4. The average molecular weight is 523 g/mol. The Morgan fingerprint density at radius 3 is 2.69 bits per heavy atom. The van der Waals surface area contributed by atoms with E-state index in [1.807, 2.05) is 36.4 Å². The summed E-state index contributed by atoms with van der Waals surface area (Å²) in [6.45, 7) is -0.166. The van der Waals surface area contributed by atoms with Gasteiger partial charge >= 0.3 is 0 Å². The first-order chi connectivity index (χ1) is 19.1. The van der Waals surface area contributed by atoms with Crippen molar-refractivity contribution in [2.45, 2.75) is 6.04 Å². The third-order valence-electron chi connectivity index (χ3n) is 6.02. The van der Waals surface area contributed by atoms with E-state index in [9.17, 15) is 9.90 Å². The summed E-state index contributed by atoms with van der Waals surface area (Å²) in [5, 5.41) is 28.0. The molecule has 0 unspecified atom stereocenters. The molecule has 0 saturated carbocycles. The Morgan fingerprint density at radius 1 is 1.05 bits per heavy atom. The number of anilines is 3. The van der Waals surface area contributed by atoms with Gasteiger partial charge in [0.05, 0.1) is 29.5 Å². The molecule has 6 aromatic rings. The number of nitrogens with zero attached hydrogens (tertiary/aromatic N) is 7. The lowest BCUT2D eigenvalue weighted by Crippen LogP contribution is -2.15. The molecule has 1 aromatic carbocycles. The highest BCUT2D eigenvalue weighted by Crippen LogP contribution is 2.33. The fourth-order valence-electron chi connectivity index (χ4n) is 4.09. The molecule has 1 atom stereocenters. The Bertz CT molecular complexity index is 1800. The van der Waals surface area contributed by atoms with Crippen LogP contribution in [0.1, 0.15) is 11.6 Å². The second kappa shape index (κ2) is 10.1. The summed E-state index contributed by atoms with van der Waals surface area (Å²) in [4.78, 5) is 29.3. The van der Waals surface area contributed by atoms with Crippen LogP contribution in [0.25, 0.3) is 33.9 Å². The maximum atomic E-state index is 12.0. The van der Waals surface area contributed by atoms with E-state index in [4.69, 9.17) is 4.42 Å². The molecule has 0 spiro atoms. The van der Waals surface area contributed by atoms with E-state index in [2.05, 4.69) is 45.9 Å². The molecule has 5 aromatic heterocycles. The minimum Gasteiger partial charge on any atom is -0.416 e. The van der Waals surface area contributed by atoms with E-state index in [1.165, 1.54) is 10.9 Å². The van der Waals surface area contributed by atoms with E-state index >= 15 is 0 Å². The van der Waals surface area contributed by atoms with Crippen molar-refractivity contribution in [3.63, 3.8) is 0 Å². The first-order valence-electron chi connectivity index (χ1n) is 11.9. The minimum atomic E-state index is -0.428. The predicted molar refractivity (Wildman–Crippen MR) is 143 cm³/mol. The lowest BCUT2D eigenvalue weighted by atomic mass is 10.1. The number of aromatic amines is 1. The fraction of sp³-hybridized carbons (Fsp3) is 0.115. The largest absolute Gasteiger partial charge is 0.416 e. The van der Waals surface area contributed by atoms with Gasteiger partial charge in [-0.15, -0.1) is 10.2 Å². The third-order valence-corrected chi connectivity index (χ3v) is 6.02. The van der Waals surface area contributed by atoms with E-state index in [0.717, 1.165) is 5.56 Å². The molecular weight excluding hydrogens is 500 g/mol. The number of H-pyrrole nitrogens is 1. The Hall–Kier alpha value is -5.43. The Kier molecular flexibility index (Phi) is 6.23. The van der Waals surface area contributed by atoms with Crippen molar-refractivity contribution in [2.24, 2.45) is 7.05 Å². The van der Waals surface area contributed by atoms with Gasteiger partial charge in [-0.1, -0.05) is 30.3 Å². The van der Waals surface area contributed by atoms with E-state index in [-0.39, 0.29) is 24.0 Å². The van der Waals surface area contributed by atoms with Gasteiger partial charge in [0.1, 0.15) is 11.2 Å². The summed E-state index contributed by atoms with van der Waals surface area (Å²) < 4.78 is 7.48. The maximum Gasteiger partial charge on any atom is 0.275 e. The number of hydrogen-bond donors (Lipinski definition) is 4. The lowest BCUT2D eigenvalue weighted by Gasteiger charge is -2.20. The summed E-state index contributed by atoms with van der Waals surface area (Å²) >= 11 is 0. The molecule has 0 amide bonds. The zero-order chi connectivity index (χ0) is 26.8. The zero-order valence-electron chi connectivity index (χ0n) is 20.6. The number of benzene rings is 1. The number of fused-ring (bicyclic) bond motifs is 1. The fourth-order valence-corrected chi connectivity index (χ4v) is 4.09. The Balaban J connectivity index is 1.38. The lowest BCUT2D eigenvalue weighted by molar-refractivity contribution is 0.276. The molecule has 13 nitrogen and oxygen atoms in total. The number of rotatable bonds is 8. The van der Waals surface area contributed by atoms with Crippen LogP contribution in [-0.2, 0) is 7.05 Å². The van der Waals surface area contributed by atoms with Crippen LogP contribution in [0.4, 0.5) is 17.5 Å². The van der Waals surface area contributed by atoms with Crippen molar-refractivity contribution in [1.29, 1.82) is 0 Å². The van der Waals surface area contributed by atoms with Gasteiger partial charge in [0.25, 0.3) is 11.4 Å². The zero-order valence-corrected chi connectivity index (χ0v) is 20.6. The van der Waals surface area contributed by atoms with Crippen LogP contribution in [0, 0.1) is 0 Å². The molecule has 13 heteroatoms.